The topological polar surface area (TPSA) is 72.6 Å². The van der Waals surface area contributed by atoms with E-state index in [9.17, 15) is 14.3 Å². The average Bonchev–Trinajstić information content (AvgIpc) is 2.49. The van der Waals surface area contributed by atoms with Crippen LogP contribution in [0.2, 0.25) is 0 Å². The van der Waals surface area contributed by atoms with E-state index < -0.39 is 17.3 Å². The van der Waals surface area contributed by atoms with E-state index in [1.807, 2.05) is 0 Å². The van der Waals surface area contributed by atoms with E-state index in [1.54, 1.807) is 30.3 Å². The second-order valence-electron chi connectivity index (χ2n) is 4.68. The highest BCUT2D eigenvalue weighted by Gasteiger charge is 2.38. The number of primary amides is 1. The quantitative estimate of drug-likeness (QED) is 0.880. The van der Waals surface area contributed by atoms with Crippen molar-refractivity contribution in [2.75, 3.05) is 7.11 Å². The predicted octanol–water partition coefficient (Wildman–Crippen LogP) is 1.69. The fraction of sp³-hybridized carbons (Fsp3) is 0.188. The number of ether oxygens (including phenoxy) is 1. The Kier molecular flexibility index (Phi) is 4.35. The van der Waals surface area contributed by atoms with Crippen LogP contribution in [0.15, 0.2) is 48.5 Å². The van der Waals surface area contributed by atoms with Crippen LogP contribution in [0, 0.1) is 5.82 Å². The molecule has 3 N–H and O–H groups in total. The molecular weight excluding hydrogens is 273 g/mol. The summed E-state index contributed by atoms with van der Waals surface area (Å²) in [5, 5.41) is 10.8. The Balaban J connectivity index is 2.59. The zero-order chi connectivity index (χ0) is 15.5. The first-order valence-corrected chi connectivity index (χ1v) is 6.35. The number of nitrogens with two attached hydrogens (primary N) is 1. The van der Waals surface area contributed by atoms with E-state index in [4.69, 9.17) is 10.5 Å². The van der Waals surface area contributed by atoms with Crippen LogP contribution >= 0.6 is 0 Å². The summed E-state index contributed by atoms with van der Waals surface area (Å²) < 4.78 is 18.6. The lowest BCUT2D eigenvalue weighted by Gasteiger charge is -2.26. The van der Waals surface area contributed by atoms with Crippen molar-refractivity contribution in [1.29, 1.82) is 0 Å². The number of halogens is 1. The van der Waals surface area contributed by atoms with Crippen molar-refractivity contribution in [1.82, 2.24) is 0 Å². The molecule has 2 aromatic carbocycles. The second-order valence-corrected chi connectivity index (χ2v) is 4.68. The van der Waals surface area contributed by atoms with Gasteiger partial charge in [0.05, 0.1) is 6.61 Å². The van der Waals surface area contributed by atoms with Crippen LogP contribution in [0.1, 0.15) is 16.7 Å². The molecule has 0 aromatic heterocycles. The summed E-state index contributed by atoms with van der Waals surface area (Å²) >= 11 is 0. The van der Waals surface area contributed by atoms with E-state index in [1.165, 1.54) is 25.3 Å². The average molecular weight is 289 g/mol. The van der Waals surface area contributed by atoms with E-state index in [0.717, 1.165) is 0 Å². The minimum Gasteiger partial charge on any atom is -0.380 e. The zero-order valence-electron chi connectivity index (χ0n) is 11.5. The number of carbonyl (C=O) groups is 1. The Morgan fingerprint density at radius 2 is 1.90 bits per heavy atom. The highest BCUT2D eigenvalue weighted by Crippen LogP contribution is 2.30. The third-order valence-corrected chi connectivity index (χ3v) is 3.31. The summed E-state index contributed by atoms with van der Waals surface area (Å²) in [6.45, 7) is 0.0311. The number of hydrogen-bond acceptors (Lipinski definition) is 3. The number of benzene rings is 2. The van der Waals surface area contributed by atoms with Gasteiger partial charge in [-0.1, -0.05) is 36.4 Å². The van der Waals surface area contributed by atoms with Crippen molar-refractivity contribution in [3.63, 3.8) is 0 Å². The lowest BCUT2D eigenvalue weighted by Crippen LogP contribution is -2.42. The van der Waals surface area contributed by atoms with Crippen molar-refractivity contribution in [3.8, 4) is 0 Å². The van der Waals surface area contributed by atoms with E-state index in [0.29, 0.717) is 5.56 Å². The van der Waals surface area contributed by atoms with Crippen molar-refractivity contribution < 1.29 is 19.0 Å². The van der Waals surface area contributed by atoms with Gasteiger partial charge in [0.25, 0.3) is 5.91 Å². The summed E-state index contributed by atoms with van der Waals surface area (Å²) in [6.07, 6.45) is 0. The number of aliphatic hydroxyl groups is 1. The molecule has 2 rings (SSSR count). The molecule has 0 aliphatic rings. The largest absolute Gasteiger partial charge is 0.380 e. The first-order valence-electron chi connectivity index (χ1n) is 6.35. The smallest absolute Gasteiger partial charge is 0.258 e. The number of carbonyl (C=O) groups excluding carboxylic acids is 1. The fourth-order valence-corrected chi connectivity index (χ4v) is 2.20. The lowest BCUT2D eigenvalue weighted by molar-refractivity contribution is -0.133. The first kappa shape index (κ1) is 15.2. The molecule has 1 unspecified atom stereocenters. The summed E-state index contributed by atoms with van der Waals surface area (Å²) in [5.74, 6) is -1.40. The summed E-state index contributed by atoms with van der Waals surface area (Å²) in [7, 11) is 1.43. The molecule has 0 fully saturated rings. The monoisotopic (exact) mass is 289 g/mol. The highest BCUT2D eigenvalue weighted by molar-refractivity contribution is 5.88. The second kappa shape index (κ2) is 6.03. The highest BCUT2D eigenvalue weighted by atomic mass is 19.1. The number of amides is 1. The van der Waals surface area contributed by atoms with E-state index in [-0.39, 0.29) is 17.7 Å². The molecule has 4 nitrogen and oxygen atoms in total. The molecule has 1 amide bonds. The molecule has 0 saturated heterocycles. The van der Waals surface area contributed by atoms with Crippen LogP contribution in [-0.2, 0) is 21.7 Å². The normalized spacial score (nSPS) is 13.7. The van der Waals surface area contributed by atoms with E-state index in [2.05, 4.69) is 0 Å². The number of rotatable bonds is 5. The Bertz CT molecular complexity index is 645. The number of methoxy groups -OCH3 is 1. The third-order valence-electron chi connectivity index (χ3n) is 3.31. The van der Waals surface area contributed by atoms with Crippen LogP contribution in [0.5, 0.6) is 0 Å². The number of hydrogen-bond donors (Lipinski definition) is 2. The molecule has 1 atom stereocenters. The summed E-state index contributed by atoms with van der Waals surface area (Å²) in [5.41, 5.74) is 4.14. The molecule has 0 saturated carbocycles. The van der Waals surface area contributed by atoms with Crippen molar-refractivity contribution >= 4 is 5.91 Å². The molecule has 0 aliphatic heterocycles. The van der Waals surface area contributed by atoms with Gasteiger partial charge >= 0.3 is 0 Å². The molecule has 110 valence electrons. The van der Waals surface area contributed by atoms with Crippen molar-refractivity contribution in [3.05, 3.63) is 71.0 Å². The maximum atomic E-state index is 13.7. The molecule has 0 aliphatic carbocycles. The summed E-state index contributed by atoms with van der Waals surface area (Å²) in [6, 6.07) is 12.2. The van der Waals surface area contributed by atoms with Gasteiger partial charge in [-0.2, -0.15) is 0 Å². The third kappa shape index (κ3) is 2.79. The minimum absolute atomic E-state index is 0.0311. The maximum Gasteiger partial charge on any atom is 0.258 e. The fourth-order valence-electron chi connectivity index (χ4n) is 2.20. The first-order chi connectivity index (χ1) is 10.00. The molecular formula is C16H16FNO3. The zero-order valence-corrected chi connectivity index (χ0v) is 11.5. The van der Waals surface area contributed by atoms with Crippen LogP contribution in [-0.4, -0.2) is 18.1 Å². The molecule has 0 radical (unpaired) electrons. The Morgan fingerprint density at radius 3 is 2.48 bits per heavy atom. The maximum absolute atomic E-state index is 13.7. The SMILES string of the molecule is COCc1cc(C(O)(C(N)=O)c2ccccc2)ccc1F. The minimum atomic E-state index is -2.02. The van der Waals surface area contributed by atoms with Gasteiger partial charge in [-0.3, -0.25) is 4.79 Å². The van der Waals surface area contributed by atoms with Gasteiger partial charge in [0.1, 0.15) is 5.82 Å². The Hall–Kier alpha value is -2.24. The van der Waals surface area contributed by atoms with Crippen LogP contribution in [0.25, 0.3) is 0 Å². The molecule has 21 heavy (non-hydrogen) atoms. The summed E-state index contributed by atoms with van der Waals surface area (Å²) in [4.78, 5) is 11.8. The lowest BCUT2D eigenvalue weighted by atomic mass is 9.85. The van der Waals surface area contributed by atoms with Crippen molar-refractivity contribution in [2.24, 2.45) is 5.73 Å². The van der Waals surface area contributed by atoms with Gasteiger partial charge in [-0.05, 0) is 23.3 Å². The van der Waals surface area contributed by atoms with Gasteiger partial charge in [-0.25, -0.2) is 4.39 Å². The molecule has 0 heterocycles. The molecule has 5 heteroatoms. The molecule has 2 aromatic rings. The van der Waals surface area contributed by atoms with Crippen LogP contribution < -0.4 is 5.73 Å². The van der Waals surface area contributed by atoms with Crippen LogP contribution in [0.4, 0.5) is 4.39 Å². The van der Waals surface area contributed by atoms with Gasteiger partial charge in [0, 0.05) is 12.7 Å². The van der Waals surface area contributed by atoms with Gasteiger partial charge in [0.2, 0.25) is 0 Å². The van der Waals surface area contributed by atoms with Crippen molar-refractivity contribution in [2.45, 2.75) is 12.2 Å². The van der Waals surface area contributed by atoms with Gasteiger partial charge in [-0.15, -0.1) is 0 Å². The van der Waals surface area contributed by atoms with Gasteiger partial charge < -0.3 is 15.6 Å². The molecule has 0 bridgehead atoms. The van der Waals surface area contributed by atoms with E-state index >= 15 is 0 Å². The predicted molar refractivity (Wildman–Crippen MR) is 75.7 cm³/mol. The van der Waals surface area contributed by atoms with Crippen LogP contribution in [0.3, 0.4) is 0 Å². The standard InChI is InChI=1S/C16H16FNO3/c1-21-10-11-9-13(7-8-14(11)17)16(20,15(18)19)12-5-3-2-4-6-12/h2-9,20H,10H2,1H3,(H2,18,19). The molecule has 0 spiro atoms. The Morgan fingerprint density at radius 1 is 1.24 bits per heavy atom. The van der Waals surface area contributed by atoms with Gasteiger partial charge in [0.15, 0.2) is 5.60 Å². The Labute approximate surface area is 122 Å².